The fraction of sp³-hybridized carbons (Fsp3) is 0.333. The van der Waals surface area contributed by atoms with E-state index in [1.807, 2.05) is 27.1 Å². The van der Waals surface area contributed by atoms with E-state index in [2.05, 4.69) is 10.1 Å². The summed E-state index contributed by atoms with van der Waals surface area (Å²) in [6, 6.07) is 0. The van der Waals surface area contributed by atoms with Crippen molar-refractivity contribution in [1.82, 2.24) is 14.8 Å². The smallest absolute Gasteiger partial charge is 0.229 e. The summed E-state index contributed by atoms with van der Waals surface area (Å²) >= 11 is 0. The second-order valence-electron chi connectivity index (χ2n) is 3.06. The highest BCUT2D eigenvalue weighted by Crippen LogP contribution is 2.19. The third kappa shape index (κ3) is 1.35. The van der Waals surface area contributed by atoms with Crippen LogP contribution < -0.4 is 0 Å². The van der Waals surface area contributed by atoms with Crippen LogP contribution in [0.2, 0.25) is 0 Å². The molecule has 0 aromatic carbocycles. The van der Waals surface area contributed by atoms with E-state index in [1.165, 1.54) is 0 Å². The molecular formula is C9H11N3O. The Balaban J connectivity index is 2.46. The lowest BCUT2D eigenvalue weighted by atomic mass is 10.4. The summed E-state index contributed by atoms with van der Waals surface area (Å²) in [6.45, 7) is 3.83. The van der Waals surface area contributed by atoms with Gasteiger partial charge in [0.25, 0.3) is 0 Å². The summed E-state index contributed by atoms with van der Waals surface area (Å²) < 4.78 is 7.18. The van der Waals surface area contributed by atoms with Crippen LogP contribution >= 0.6 is 0 Å². The zero-order chi connectivity index (χ0) is 9.42. The molecule has 0 saturated heterocycles. The van der Waals surface area contributed by atoms with Crippen LogP contribution in [0.4, 0.5) is 0 Å². The molecule has 2 aromatic rings. The molecular weight excluding hydrogens is 166 g/mol. The van der Waals surface area contributed by atoms with Crippen molar-refractivity contribution in [3.63, 3.8) is 0 Å². The zero-order valence-corrected chi connectivity index (χ0v) is 7.90. The van der Waals surface area contributed by atoms with Gasteiger partial charge in [0.15, 0.2) is 0 Å². The quantitative estimate of drug-likeness (QED) is 0.665. The maximum atomic E-state index is 5.45. The molecule has 0 unspecified atom stereocenters. The van der Waals surface area contributed by atoms with Crippen molar-refractivity contribution in [2.24, 2.45) is 7.05 Å². The molecule has 2 rings (SSSR count). The maximum Gasteiger partial charge on any atom is 0.229 e. The summed E-state index contributed by atoms with van der Waals surface area (Å²) in [5, 5.41) is 4.05. The summed E-state index contributed by atoms with van der Waals surface area (Å²) in [6.07, 6.45) is 3.62. The Kier molecular flexibility index (Phi) is 1.69. The van der Waals surface area contributed by atoms with E-state index in [0.29, 0.717) is 5.89 Å². The first-order chi connectivity index (χ1) is 6.16. The minimum Gasteiger partial charge on any atom is -0.441 e. The van der Waals surface area contributed by atoms with Gasteiger partial charge in [-0.3, -0.25) is 4.68 Å². The number of oxazole rings is 1. The molecule has 0 aliphatic carbocycles. The maximum absolute atomic E-state index is 5.45. The number of aromatic nitrogens is 3. The largest absolute Gasteiger partial charge is 0.441 e. The van der Waals surface area contributed by atoms with Gasteiger partial charge in [0, 0.05) is 13.2 Å². The molecule has 4 heteroatoms. The number of hydrogen-bond acceptors (Lipinski definition) is 3. The van der Waals surface area contributed by atoms with E-state index >= 15 is 0 Å². The summed E-state index contributed by atoms with van der Waals surface area (Å²) in [7, 11) is 1.87. The third-order valence-corrected chi connectivity index (χ3v) is 1.98. The van der Waals surface area contributed by atoms with Gasteiger partial charge in [0.1, 0.15) is 5.76 Å². The highest BCUT2D eigenvalue weighted by Gasteiger charge is 2.08. The van der Waals surface area contributed by atoms with Crippen LogP contribution in [0.1, 0.15) is 11.5 Å². The Bertz CT molecular complexity index is 408. The Morgan fingerprint density at radius 3 is 2.62 bits per heavy atom. The average molecular weight is 177 g/mol. The fourth-order valence-electron chi connectivity index (χ4n) is 1.13. The van der Waals surface area contributed by atoms with Crippen molar-refractivity contribution in [3.05, 3.63) is 23.8 Å². The fourth-order valence-corrected chi connectivity index (χ4v) is 1.13. The molecule has 0 radical (unpaired) electrons. The van der Waals surface area contributed by atoms with Crippen molar-refractivity contribution in [2.45, 2.75) is 13.8 Å². The van der Waals surface area contributed by atoms with E-state index in [-0.39, 0.29) is 0 Å². The highest BCUT2D eigenvalue weighted by atomic mass is 16.4. The first-order valence-corrected chi connectivity index (χ1v) is 4.10. The van der Waals surface area contributed by atoms with Crippen molar-refractivity contribution in [1.29, 1.82) is 0 Å². The Morgan fingerprint density at radius 2 is 2.15 bits per heavy atom. The second-order valence-corrected chi connectivity index (χ2v) is 3.06. The molecule has 0 spiro atoms. The number of hydrogen-bond donors (Lipinski definition) is 0. The van der Waals surface area contributed by atoms with E-state index in [4.69, 9.17) is 4.42 Å². The summed E-state index contributed by atoms with van der Waals surface area (Å²) in [5.41, 5.74) is 1.84. The molecule has 2 aromatic heterocycles. The number of rotatable bonds is 1. The lowest BCUT2D eigenvalue weighted by Crippen LogP contribution is -1.84. The molecule has 0 saturated carbocycles. The van der Waals surface area contributed by atoms with Gasteiger partial charge >= 0.3 is 0 Å². The second kappa shape index (κ2) is 2.73. The van der Waals surface area contributed by atoms with Gasteiger partial charge in [0.2, 0.25) is 5.89 Å². The molecule has 0 atom stereocenters. The molecule has 2 heterocycles. The van der Waals surface area contributed by atoms with Crippen molar-refractivity contribution < 1.29 is 4.42 Å². The van der Waals surface area contributed by atoms with E-state index in [9.17, 15) is 0 Å². The van der Waals surface area contributed by atoms with Gasteiger partial charge in [-0.25, -0.2) is 4.98 Å². The van der Waals surface area contributed by atoms with Crippen molar-refractivity contribution in [2.75, 3.05) is 0 Å². The zero-order valence-electron chi connectivity index (χ0n) is 7.90. The predicted octanol–water partition coefficient (Wildman–Crippen LogP) is 1.69. The molecule has 0 bridgehead atoms. The molecule has 0 aliphatic heterocycles. The molecule has 0 amide bonds. The Hall–Kier alpha value is -1.58. The minimum absolute atomic E-state index is 0.642. The first kappa shape index (κ1) is 8.04. The van der Waals surface area contributed by atoms with E-state index in [0.717, 1.165) is 17.0 Å². The monoisotopic (exact) mass is 177 g/mol. The van der Waals surface area contributed by atoms with Crippen LogP contribution in [-0.2, 0) is 7.05 Å². The number of nitrogens with zero attached hydrogens (tertiary/aromatic N) is 3. The van der Waals surface area contributed by atoms with Gasteiger partial charge in [-0.15, -0.1) is 0 Å². The topological polar surface area (TPSA) is 43.9 Å². The summed E-state index contributed by atoms with van der Waals surface area (Å²) in [4.78, 5) is 4.27. The van der Waals surface area contributed by atoms with E-state index in [1.54, 1.807) is 10.9 Å². The molecule has 0 fully saturated rings. The van der Waals surface area contributed by atoms with E-state index < -0.39 is 0 Å². The normalized spacial score (nSPS) is 10.7. The lowest BCUT2D eigenvalue weighted by molar-refractivity contribution is 0.540. The third-order valence-electron chi connectivity index (χ3n) is 1.98. The Labute approximate surface area is 76.2 Å². The van der Waals surface area contributed by atoms with Crippen molar-refractivity contribution >= 4 is 0 Å². The van der Waals surface area contributed by atoms with Gasteiger partial charge in [-0.1, -0.05) is 0 Å². The first-order valence-electron chi connectivity index (χ1n) is 4.10. The van der Waals surface area contributed by atoms with Gasteiger partial charge in [-0.05, 0) is 13.8 Å². The molecule has 0 aliphatic rings. The van der Waals surface area contributed by atoms with Gasteiger partial charge < -0.3 is 4.42 Å². The standard InChI is InChI=1S/C9H11N3O/c1-6-7(2)13-9(11-6)8-4-10-12(3)5-8/h4-5H,1-3H3. The predicted molar refractivity (Wildman–Crippen MR) is 48.2 cm³/mol. The lowest BCUT2D eigenvalue weighted by Gasteiger charge is -1.85. The van der Waals surface area contributed by atoms with Crippen LogP contribution in [0.15, 0.2) is 16.8 Å². The molecule has 4 nitrogen and oxygen atoms in total. The van der Waals surface area contributed by atoms with Crippen LogP contribution in [0.3, 0.4) is 0 Å². The summed E-state index contributed by atoms with van der Waals surface area (Å²) in [5.74, 6) is 1.50. The number of aryl methyl sites for hydroxylation is 3. The minimum atomic E-state index is 0.642. The molecule has 0 N–H and O–H groups in total. The van der Waals surface area contributed by atoms with Crippen LogP contribution in [0, 0.1) is 13.8 Å². The Morgan fingerprint density at radius 1 is 1.38 bits per heavy atom. The average Bonchev–Trinajstić information content (AvgIpc) is 2.61. The van der Waals surface area contributed by atoms with Crippen LogP contribution in [-0.4, -0.2) is 14.8 Å². The van der Waals surface area contributed by atoms with Crippen molar-refractivity contribution in [3.8, 4) is 11.5 Å². The van der Waals surface area contributed by atoms with Crippen LogP contribution in [0.5, 0.6) is 0 Å². The SMILES string of the molecule is Cc1nc(-c2cnn(C)c2)oc1C. The van der Waals surface area contributed by atoms with Gasteiger partial charge in [0.05, 0.1) is 17.5 Å². The highest BCUT2D eigenvalue weighted by molar-refractivity contribution is 5.50. The molecule has 68 valence electrons. The molecule has 13 heavy (non-hydrogen) atoms. The van der Waals surface area contributed by atoms with Crippen LogP contribution in [0.25, 0.3) is 11.5 Å². The van der Waals surface area contributed by atoms with Gasteiger partial charge in [-0.2, -0.15) is 5.10 Å².